The molecule has 4 aromatic rings. The molecule has 1 aliphatic carbocycles. The fourth-order valence-corrected chi connectivity index (χ4v) is 4.01. The van der Waals surface area contributed by atoms with Crippen LogP contribution in [0.5, 0.6) is 0 Å². The lowest BCUT2D eigenvalue weighted by Crippen LogP contribution is -1.95. The molecule has 0 spiro atoms. The van der Waals surface area contributed by atoms with Gasteiger partial charge in [0.15, 0.2) is 0 Å². The topological polar surface area (TPSA) is 13.1 Å². The number of furan rings is 1. The van der Waals surface area contributed by atoms with E-state index in [0.29, 0.717) is 26.2 Å². The highest BCUT2D eigenvalue weighted by Gasteiger charge is 2.17. The molecule has 41 heavy (non-hydrogen) atoms. The van der Waals surface area contributed by atoms with E-state index in [1.165, 1.54) is 12.1 Å². The van der Waals surface area contributed by atoms with E-state index < -0.39 is 154 Å². The Morgan fingerprint density at radius 1 is 0.878 bits per heavy atom. The minimum absolute atomic E-state index is 0.0784. The molecule has 0 fully saturated rings. The Hall–Kier alpha value is -5.14. The van der Waals surface area contributed by atoms with Crippen LogP contribution in [-0.4, -0.2) is 0 Å². The number of benzene rings is 2. The van der Waals surface area contributed by atoms with Crippen LogP contribution in [0.1, 0.15) is 70.8 Å². The fraction of sp³-hybridized carbons (Fsp3) is 0.0500. The Kier molecular flexibility index (Phi) is 3.56. The molecule has 1 aromatic heterocycles. The summed E-state index contributed by atoms with van der Waals surface area (Å²) in [6.45, 7) is 1.92. The van der Waals surface area contributed by atoms with Crippen LogP contribution < -0.4 is 0 Å². The van der Waals surface area contributed by atoms with Crippen molar-refractivity contribution in [1.29, 1.82) is 0 Å². The summed E-state index contributed by atoms with van der Waals surface area (Å²) in [6, 6.07) is -5.66. The number of hydrogen-bond acceptors (Lipinski definition) is 1. The van der Waals surface area contributed by atoms with Crippen molar-refractivity contribution in [2.45, 2.75) is 12.8 Å². The molecule has 2 atom stereocenters. The van der Waals surface area contributed by atoms with Gasteiger partial charge >= 0.3 is 0 Å². The lowest BCUT2D eigenvalue weighted by molar-refractivity contribution is 0.630. The van der Waals surface area contributed by atoms with Crippen molar-refractivity contribution < 1.29 is 34.6 Å². The first-order valence-corrected chi connectivity index (χ1v) is 12.0. The molecule has 0 bridgehead atoms. The van der Waals surface area contributed by atoms with Crippen molar-refractivity contribution in [1.82, 2.24) is 0 Å². The van der Waals surface area contributed by atoms with Crippen LogP contribution in [0.3, 0.4) is 0 Å². The summed E-state index contributed by atoms with van der Waals surface area (Å²) in [5.74, 6) is -0.388. The lowest BCUT2D eigenvalue weighted by atomic mass is 9.89. The second-order valence-electron chi connectivity index (χ2n) is 8.21. The highest BCUT2D eigenvalue weighted by molar-refractivity contribution is 6.00. The van der Waals surface area contributed by atoms with E-state index in [1.807, 2.05) is 0 Å². The van der Waals surface area contributed by atoms with Gasteiger partial charge in [-0.15, -0.1) is 0 Å². The maximum Gasteiger partial charge on any atom is 0.143 e. The average molecular weight is 553 g/mol. The summed E-state index contributed by atoms with van der Waals surface area (Å²) < 4.78 is 195. The molecule has 5 rings (SSSR count). The molecular formula is C40H34O. The number of rotatable bonds is 8. The average Bonchev–Trinajstić information content (AvgIpc) is 3.64. The van der Waals surface area contributed by atoms with Crippen LogP contribution in [0.2, 0.25) is 0 Å². The molecule has 0 amide bonds. The van der Waals surface area contributed by atoms with Gasteiger partial charge < -0.3 is 4.42 Å². The molecule has 1 heterocycles. The number of hydrogen-bond donors (Lipinski definition) is 0. The quantitative estimate of drug-likeness (QED) is 0.198. The Morgan fingerprint density at radius 2 is 1.63 bits per heavy atom. The minimum Gasteiger partial charge on any atom is -0.455 e. The van der Waals surface area contributed by atoms with Gasteiger partial charge in [-0.25, -0.2) is 0 Å². The molecule has 3 aromatic carbocycles. The molecule has 0 N–H and O–H groups in total. The third-order valence-electron chi connectivity index (χ3n) is 5.82. The summed E-state index contributed by atoms with van der Waals surface area (Å²) in [4.78, 5) is 0. The van der Waals surface area contributed by atoms with E-state index in [-0.39, 0.29) is 22.3 Å². The van der Waals surface area contributed by atoms with Gasteiger partial charge in [-0.3, -0.25) is 0 Å². The molecule has 2 unspecified atom stereocenters. The first kappa shape index (κ1) is 11.4. The Bertz CT molecular complexity index is 2850. The van der Waals surface area contributed by atoms with Crippen LogP contribution in [0.25, 0.3) is 51.1 Å². The molecule has 0 radical (unpaired) electrons. The maximum absolute atomic E-state index is 9.41. The van der Waals surface area contributed by atoms with E-state index in [0.717, 1.165) is 12.1 Å². The van der Waals surface area contributed by atoms with Gasteiger partial charge in [-0.1, -0.05) is 153 Å². The summed E-state index contributed by atoms with van der Waals surface area (Å²) in [5, 5.41) is 0.159. The molecule has 1 aliphatic rings. The van der Waals surface area contributed by atoms with E-state index in [2.05, 4.69) is 0 Å². The molecule has 0 saturated heterocycles. The van der Waals surface area contributed by atoms with Gasteiger partial charge in [0, 0.05) is 19.3 Å². The van der Waals surface area contributed by atoms with E-state index in [1.54, 1.807) is 12.1 Å². The van der Waals surface area contributed by atoms with Crippen LogP contribution in [-0.2, 0) is 0 Å². The fourth-order valence-electron chi connectivity index (χ4n) is 4.01. The van der Waals surface area contributed by atoms with Gasteiger partial charge in [0.2, 0.25) is 0 Å². The number of allylic oxidation sites excluding steroid dienone is 8. The smallest absolute Gasteiger partial charge is 0.143 e. The molecule has 0 saturated carbocycles. The standard InChI is InChI=1S/C40H34O/c1-5-33-34(6-2)36(31-19-11-9-12-20-31)24-16-8-7-15-23-35(33)29(3)27-28-30(4)39-37-25-17-18-26-38(37)41-40(39)32-21-13-10-14-22-32/h5-11,13-19,21-28H,1-4,12,20H2/b8-7?,15-7?,16-8?,23-15?,24-16?,28-27-,34-33?,35-23?,35-33?,36-24?,36-34?/i1D,2D,3D,4D,5D,6D,7D,8D,9D,10D,11D,12D,13D,14D,15D,16D,19D,20D,21D,22D,27D,28D/b5-1?,6-2?,8-7?,15-7?,16-8?,23-15?,24-16?,28-27-,29-3?,30-4?,34-33?,35-23?,35-33?,36-24?,36-34?. The van der Waals surface area contributed by atoms with E-state index >= 15 is 0 Å². The van der Waals surface area contributed by atoms with Crippen molar-refractivity contribution in [2.75, 3.05) is 0 Å². The zero-order valence-corrected chi connectivity index (χ0v) is 21.3. The van der Waals surface area contributed by atoms with Gasteiger partial charge in [0.1, 0.15) is 11.3 Å². The molecule has 1 heteroatoms. The first-order chi connectivity index (χ1) is 29.6. The van der Waals surface area contributed by atoms with Crippen LogP contribution in [0.4, 0.5) is 0 Å². The largest absolute Gasteiger partial charge is 0.455 e. The molecular weight excluding hydrogens is 496 g/mol. The second-order valence-corrected chi connectivity index (χ2v) is 8.21. The first-order valence-electron chi connectivity index (χ1n) is 23.4. The molecule has 1 nitrogen and oxygen atoms in total. The summed E-state index contributed by atoms with van der Waals surface area (Å²) in [5.41, 5.74) is -4.98. The van der Waals surface area contributed by atoms with Crippen molar-refractivity contribution >= 4 is 39.8 Å². The molecule has 200 valence electrons. The van der Waals surface area contributed by atoms with Crippen LogP contribution >= 0.6 is 0 Å². The van der Waals surface area contributed by atoms with Crippen molar-refractivity contribution in [2.24, 2.45) is 0 Å². The summed E-state index contributed by atoms with van der Waals surface area (Å²) in [7, 11) is 0. The van der Waals surface area contributed by atoms with Crippen molar-refractivity contribution in [3.05, 3.63) is 175 Å². The normalized spacial score (nSPS) is 27.0. The second kappa shape index (κ2) is 12.8. The third-order valence-corrected chi connectivity index (χ3v) is 5.82. The van der Waals surface area contributed by atoms with Crippen LogP contribution in [0.15, 0.2) is 152 Å². The lowest BCUT2D eigenvalue weighted by Gasteiger charge is -2.15. The van der Waals surface area contributed by atoms with Crippen molar-refractivity contribution in [3.8, 4) is 11.3 Å². The van der Waals surface area contributed by atoms with Gasteiger partial charge in [0.05, 0.1) is 27.4 Å². The van der Waals surface area contributed by atoms with Gasteiger partial charge in [-0.2, -0.15) is 0 Å². The minimum atomic E-state index is -1.89. The summed E-state index contributed by atoms with van der Waals surface area (Å²) in [6.07, 6.45) is -3.71. The van der Waals surface area contributed by atoms with Gasteiger partial charge in [-0.05, 0) is 57.8 Å². The summed E-state index contributed by atoms with van der Waals surface area (Å²) >= 11 is 0. The third kappa shape index (κ3) is 5.90. The Balaban J connectivity index is 2.03. The number of para-hydroxylation sites is 1. The van der Waals surface area contributed by atoms with Gasteiger partial charge in [0.25, 0.3) is 0 Å². The van der Waals surface area contributed by atoms with Crippen LogP contribution in [0, 0.1) is 0 Å². The Labute approximate surface area is 274 Å². The van der Waals surface area contributed by atoms with E-state index in [4.69, 9.17) is 31.8 Å². The monoisotopic (exact) mass is 552 g/mol. The SMILES string of the molecule is [2H]C=C(/C([2H])=C(/[2H])C(=C[2H])c1c(-c2c([2H])c([2H])c([2H])c([2H])c2[2H])oc2ccccc12)c1cc([2H])c([2H])c([2H])c([2H])cc(C2=C([2H])C([2H])=C([2H])C([2H])C2[2H])c(C([2H])=C[2H])c1C([2H])=C[2H]. The zero-order chi connectivity index (χ0) is 47.1. The highest BCUT2D eigenvalue weighted by Crippen LogP contribution is 2.38. The Morgan fingerprint density at radius 3 is 2.46 bits per heavy atom. The zero-order valence-electron chi connectivity index (χ0n) is 43.3. The molecule has 0 aliphatic heterocycles. The highest BCUT2D eigenvalue weighted by atomic mass is 16.3. The number of fused-ring (bicyclic) bond motifs is 1. The van der Waals surface area contributed by atoms with E-state index in [9.17, 15) is 2.74 Å². The predicted octanol–water partition coefficient (Wildman–Crippen LogP) is 11.5. The predicted molar refractivity (Wildman–Crippen MR) is 179 cm³/mol. The maximum atomic E-state index is 9.41. The van der Waals surface area contributed by atoms with Crippen molar-refractivity contribution in [3.63, 3.8) is 0 Å².